The number of ether oxygens (including phenoxy) is 1. The van der Waals surface area contributed by atoms with Gasteiger partial charge >= 0.3 is 0 Å². The number of carbonyl (C=O) groups is 1. The molecule has 0 aliphatic heterocycles. The zero-order valence-electron chi connectivity index (χ0n) is 46.6. The molecule has 8 aromatic rings. The maximum absolute atomic E-state index is 10.5. The molecule has 10 rings (SSSR count). The third-order valence-corrected chi connectivity index (χ3v) is 14.8. The van der Waals surface area contributed by atoms with E-state index in [1.165, 1.54) is 112 Å². The van der Waals surface area contributed by atoms with E-state index in [1.54, 1.807) is 26.4 Å². The van der Waals surface area contributed by atoms with Crippen LogP contribution in [0.4, 0.5) is 28.4 Å². The van der Waals surface area contributed by atoms with Crippen molar-refractivity contribution in [1.29, 1.82) is 0 Å². The minimum absolute atomic E-state index is 0.0621. The number of aryl methyl sites for hydroxylation is 1. The van der Waals surface area contributed by atoms with Crippen molar-refractivity contribution in [3.63, 3.8) is 0 Å². The number of unbranched alkanes of at least 4 members (excludes halogenated alkanes) is 4. The first-order valence-corrected chi connectivity index (χ1v) is 27.8. The molecule has 0 spiro atoms. The molecule has 0 amide bonds. The van der Waals surface area contributed by atoms with E-state index >= 15 is 0 Å². The molecule has 0 saturated heterocycles. The van der Waals surface area contributed by atoms with Crippen LogP contribution in [0.1, 0.15) is 127 Å². The molecule has 6 nitrogen and oxygen atoms in total. The summed E-state index contributed by atoms with van der Waals surface area (Å²) in [7, 11) is 3.25. The van der Waals surface area contributed by atoms with Crippen LogP contribution in [0.25, 0.3) is 50.2 Å². The molecule has 1 atom stereocenters. The first kappa shape index (κ1) is 56.3. The Kier molecular flexibility index (Phi) is 19.9. The van der Waals surface area contributed by atoms with Crippen molar-refractivity contribution in [2.24, 2.45) is 0 Å². The van der Waals surface area contributed by atoms with Crippen LogP contribution in [0.15, 0.2) is 164 Å². The van der Waals surface area contributed by atoms with Crippen molar-refractivity contribution in [3.05, 3.63) is 192 Å². The summed E-state index contributed by atoms with van der Waals surface area (Å²) in [6, 6.07) is 56.5. The Morgan fingerprint density at radius 2 is 1.11 bits per heavy atom. The summed E-state index contributed by atoms with van der Waals surface area (Å²) < 4.78 is 4.25. The number of fused-ring (bicyclic) bond motifs is 5. The average molecular weight is 1010 g/mol. The van der Waals surface area contributed by atoms with Gasteiger partial charge < -0.3 is 29.5 Å². The molecule has 0 saturated carbocycles. The third kappa shape index (κ3) is 12.0. The maximum Gasteiger partial charge on any atom is 0.116 e. The Balaban J connectivity index is 0.000000994. The number of aromatic hydroxyl groups is 2. The highest BCUT2D eigenvalue weighted by Crippen LogP contribution is 2.57. The Morgan fingerprint density at radius 1 is 0.579 bits per heavy atom. The van der Waals surface area contributed by atoms with Crippen molar-refractivity contribution in [3.8, 4) is 44.9 Å². The van der Waals surface area contributed by atoms with Gasteiger partial charge in [-0.2, -0.15) is 0 Å². The van der Waals surface area contributed by atoms with E-state index in [4.69, 9.17) is 4.79 Å². The molecule has 2 aliphatic carbocycles. The van der Waals surface area contributed by atoms with Gasteiger partial charge in [-0.15, -0.1) is 0 Å². The molecule has 0 radical (unpaired) electrons. The minimum atomic E-state index is -0.0621. The number of hydrogen-bond donors (Lipinski definition) is 2. The molecule has 2 aliphatic rings. The lowest BCUT2D eigenvalue weighted by molar-refractivity contribution is -0.106. The van der Waals surface area contributed by atoms with Crippen LogP contribution in [0.5, 0.6) is 11.5 Å². The van der Waals surface area contributed by atoms with Crippen LogP contribution in [-0.4, -0.2) is 37.3 Å². The molecular weight excluding hydrogens is 933 g/mol. The highest BCUT2D eigenvalue weighted by atomic mass is 16.4. The van der Waals surface area contributed by atoms with E-state index in [0.29, 0.717) is 0 Å². The number of nitrogens with zero attached hydrogens (tertiary/aromatic N) is 2. The van der Waals surface area contributed by atoms with E-state index in [1.807, 2.05) is 44.2 Å². The van der Waals surface area contributed by atoms with Gasteiger partial charge in [-0.25, -0.2) is 0 Å². The summed E-state index contributed by atoms with van der Waals surface area (Å²) in [4.78, 5) is 13.9. The van der Waals surface area contributed by atoms with E-state index in [0.717, 1.165) is 72.1 Å². The second-order valence-corrected chi connectivity index (χ2v) is 19.8. The number of benzene rings is 8. The smallest absolute Gasteiger partial charge is 0.116 e. The standard InChI is InChI=1S/C64H64N2O2.C2H6O.C2H4O.C2H6/c1-5-8-10-15-39-64(38-9-6-2)60-40-44(4)26-36-54(60)55-37-35-51(43-61(55)64)66(50-33-29-46(30-34-50)48-19-17-21-53(68)42-48)63-58-24-13-11-22-56(58)62(57-23-12-14-25-59(57)63)65(7-3)49-31-27-45(28-32-49)47-18-16-20-52(67)41-47;1-3-2;1-2-3;1-2/h11-13,16-24,26-37,40-43,67-68H,5-10,14-15,25,38-39H2,1-4H3;1-2H3;2H,1H3;1-2H3. The van der Waals surface area contributed by atoms with Crippen LogP contribution < -0.4 is 9.80 Å². The highest BCUT2D eigenvalue weighted by molar-refractivity contribution is 6.11. The summed E-state index contributed by atoms with van der Waals surface area (Å²) in [5, 5.41) is 23.1. The fraction of sp³-hybridized carbons (Fsp3) is 0.300. The molecule has 1 unspecified atom stereocenters. The second-order valence-electron chi connectivity index (χ2n) is 19.8. The summed E-state index contributed by atoms with van der Waals surface area (Å²) in [5.41, 5.74) is 19.7. The molecule has 0 aromatic heterocycles. The Hall–Kier alpha value is -7.41. The van der Waals surface area contributed by atoms with Gasteiger partial charge in [0.25, 0.3) is 0 Å². The second kappa shape index (κ2) is 26.9. The summed E-state index contributed by atoms with van der Waals surface area (Å²) in [6.07, 6.45) is 17.0. The molecular formula is C70H80N2O4. The summed E-state index contributed by atoms with van der Waals surface area (Å²) >= 11 is 0. The zero-order valence-corrected chi connectivity index (χ0v) is 46.6. The number of carbonyl (C=O) groups excluding carboxylic acids is 1. The number of hydrogen-bond acceptors (Lipinski definition) is 6. The quantitative estimate of drug-likeness (QED) is 0.0571. The first-order chi connectivity index (χ1) is 37.1. The maximum atomic E-state index is 10.5. The van der Waals surface area contributed by atoms with Gasteiger partial charge in [0, 0.05) is 59.6 Å². The molecule has 6 heteroatoms. The van der Waals surface area contributed by atoms with Gasteiger partial charge in [0.2, 0.25) is 0 Å². The lowest BCUT2D eigenvalue weighted by Crippen LogP contribution is -2.26. The predicted molar refractivity (Wildman–Crippen MR) is 325 cm³/mol. The first-order valence-electron chi connectivity index (χ1n) is 27.8. The van der Waals surface area contributed by atoms with Gasteiger partial charge in [-0.3, -0.25) is 0 Å². The minimum Gasteiger partial charge on any atom is -0.508 e. The number of phenolic OH excluding ortho intramolecular Hbond substituents is 2. The monoisotopic (exact) mass is 1010 g/mol. The average Bonchev–Trinajstić information content (AvgIpc) is 3.71. The van der Waals surface area contributed by atoms with Gasteiger partial charge in [0.1, 0.15) is 17.8 Å². The van der Waals surface area contributed by atoms with Gasteiger partial charge in [0.05, 0.1) is 11.4 Å². The lowest BCUT2D eigenvalue weighted by Gasteiger charge is -2.36. The summed E-state index contributed by atoms with van der Waals surface area (Å²) in [6.45, 7) is 15.4. The SMILES string of the molecule is CC.CC=O.CCCCCCC1(CCCC)c2cc(C)ccc2-c2ccc(N(c3ccc(-c4cccc(O)c4)cc3)c3c4c(c(N(CC)c5ccc(-c6cccc(O)c6)cc5)c5ccccc35)C=CCC4)cc21.COC. The van der Waals surface area contributed by atoms with E-state index in [-0.39, 0.29) is 16.9 Å². The van der Waals surface area contributed by atoms with Crippen molar-refractivity contribution >= 4 is 51.6 Å². The Morgan fingerprint density at radius 3 is 1.67 bits per heavy atom. The van der Waals surface area contributed by atoms with Crippen LogP contribution in [-0.2, 0) is 21.4 Å². The molecule has 76 heavy (non-hydrogen) atoms. The molecule has 2 N–H and O–H groups in total. The fourth-order valence-electron chi connectivity index (χ4n) is 11.5. The van der Waals surface area contributed by atoms with Crippen LogP contribution in [0.3, 0.4) is 0 Å². The number of rotatable bonds is 16. The van der Waals surface area contributed by atoms with Crippen LogP contribution in [0.2, 0.25) is 0 Å². The summed E-state index contributed by atoms with van der Waals surface area (Å²) in [5.74, 6) is 0.537. The number of aldehydes is 1. The van der Waals surface area contributed by atoms with Gasteiger partial charge in [-0.1, -0.05) is 181 Å². The molecule has 394 valence electrons. The molecule has 8 aromatic carbocycles. The fourth-order valence-corrected chi connectivity index (χ4v) is 11.5. The normalized spacial score (nSPS) is 13.6. The molecule has 0 heterocycles. The molecule has 0 bridgehead atoms. The van der Waals surface area contributed by atoms with E-state index in [2.05, 4.69) is 170 Å². The van der Waals surface area contributed by atoms with Crippen LogP contribution in [0, 0.1) is 6.92 Å². The van der Waals surface area contributed by atoms with E-state index in [9.17, 15) is 10.2 Å². The Labute approximate surface area is 454 Å². The molecule has 0 fully saturated rings. The topological polar surface area (TPSA) is 73.2 Å². The number of allylic oxidation sites excluding steroid dienone is 1. The lowest BCUT2D eigenvalue weighted by atomic mass is 9.70. The number of phenols is 2. The van der Waals surface area contributed by atoms with Crippen molar-refractivity contribution in [2.45, 2.75) is 118 Å². The number of anilines is 5. The zero-order chi connectivity index (χ0) is 54.2. The predicted octanol–water partition coefficient (Wildman–Crippen LogP) is 19.4. The van der Waals surface area contributed by atoms with Crippen LogP contribution >= 0.6 is 0 Å². The van der Waals surface area contributed by atoms with E-state index < -0.39 is 0 Å². The largest absolute Gasteiger partial charge is 0.508 e. The van der Waals surface area contributed by atoms with Crippen molar-refractivity contribution in [1.82, 2.24) is 0 Å². The highest BCUT2D eigenvalue weighted by Gasteiger charge is 2.43. The van der Waals surface area contributed by atoms with Gasteiger partial charge in [0.15, 0.2) is 0 Å². The Bertz CT molecular complexity index is 3210. The van der Waals surface area contributed by atoms with Crippen molar-refractivity contribution in [2.75, 3.05) is 30.6 Å². The third-order valence-electron chi connectivity index (χ3n) is 14.8. The number of methoxy groups -OCH3 is 1. The van der Waals surface area contributed by atoms with Gasteiger partial charge in [-0.05, 0) is 157 Å². The van der Waals surface area contributed by atoms with Crippen molar-refractivity contribution < 1.29 is 19.7 Å².